The maximum atomic E-state index is 9.43. The standard InChI is InChI=1S/C18H15NO/c19-17-8-4-7-16(13-5-2-1-3-6-13)18(17)14-9-11-15(20)12-10-14/h1-12,20H,19H2. The van der Waals surface area contributed by atoms with Crippen molar-refractivity contribution in [2.75, 3.05) is 5.73 Å². The zero-order chi connectivity index (χ0) is 13.9. The normalized spacial score (nSPS) is 10.4. The van der Waals surface area contributed by atoms with Crippen LogP contribution >= 0.6 is 0 Å². The Morgan fingerprint density at radius 1 is 0.650 bits per heavy atom. The monoisotopic (exact) mass is 261 g/mol. The van der Waals surface area contributed by atoms with Crippen LogP contribution in [0.5, 0.6) is 5.75 Å². The van der Waals surface area contributed by atoms with Gasteiger partial charge in [-0.3, -0.25) is 0 Å². The van der Waals surface area contributed by atoms with Crippen LogP contribution in [-0.4, -0.2) is 5.11 Å². The minimum atomic E-state index is 0.254. The molecule has 98 valence electrons. The van der Waals surface area contributed by atoms with Crippen molar-refractivity contribution in [2.24, 2.45) is 0 Å². The number of nitrogen functional groups attached to an aromatic ring is 1. The molecular formula is C18H15NO. The van der Waals surface area contributed by atoms with Crippen LogP contribution in [0.15, 0.2) is 72.8 Å². The molecule has 0 aliphatic rings. The van der Waals surface area contributed by atoms with E-state index in [2.05, 4.69) is 18.2 Å². The SMILES string of the molecule is Nc1cccc(-c2ccccc2)c1-c1ccc(O)cc1. The lowest BCUT2D eigenvalue weighted by atomic mass is 9.93. The quantitative estimate of drug-likeness (QED) is 0.675. The number of anilines is 1. The summed E-state index contributed by atoms with van der Waals surface area (Å²) < 4.78 is 0. The highest BCUT2D eigenvalue weighted by atomic mass is 16.3. The third-order valence-corrected chi connectivity index (χ3v) is 3.34. The highest BCUT2D eigenvalue weighted by Gasteiger charge is 2.10. The fraction of sp³-hybridized carbons (Fsp3) is 0. The van der Waals surface area contributed by atoms with E-state index in [4.69, 9.17) is 5.73 Å². The first-order chi connectivity index (χ1) is 9.75. The Balaban J connectivity index is 2.22. The molecule has 2 heteroatoms. The van der Waals surface area contributed by atoms with Crippen molar-refractivity contribution in [3.63, 3.8) is 0 Å². The smallest absolute Gasteiger partial charge is 0.115 e. The van der Waals surface area contributed by atoms with Gasteiger partial charge in [-0.05, 0) is 34.9 Å². The van der Waals surface area contributed by atoms with E-state index in [9.17, 15) is 5.11 Å². The molecule has 0 unspecified atom stereocenters. The molecule has 0 saturated heterocycles. The van der Waals surface area contributed by atoms with E-state index in [1.54, 1.807) is 12.1 Å². The molecule has 0 aromatic heterocycles. The van der Waals surface area contributed by atoms with Crippen LogP contribution in [0.1, 0.15) is 0 Å². The molecule has 0 radical (unpaired) electrons. The average molecular weight is 261 g/mol. The number of benzene rings is 3. The summed E-state index contributed by atoms with van der Waals surface area (Å²) in [5.41, 5.74) is 11.1. The second-order valence-corrected chi connectivity index (χ2v) is 4.68. The summed E-state index contributed by atoms with van der Waals surface area (Å²) in [6.07, 6.45) is 0. The fourth-order valence-corrected chi connectivity index (χ4v) is 2.38. The van der Waals surface area contributed by atoms with Gasteiger partial charge in [-0.15, -0.1) is 0 Å². The van der Waals surface area contributed by atoms with E-state index >= 15 is 0 Å². The van der Waals surface area contributed by atoms with Crippen LogP contribution in [0.2, 0.25) is 0 Å². The molecule has 0 bridgehead atoms. The average Bonchev–Trinajstić information content (AvgIpc) is 2.49. The number of aromatic hydroxyl groups is 1. The van der Waals surface area contributed by atoms with Crippen molar-refractivity contribution < 1.29 is 5.11 Å². The number of hydrogen-bond donors (Lipinski definition) is 2. The summed E-state index contributed by atoms with van der Waals surface area (Å²) in [5.74, 6) is 0.254. The van der Waals surface area contributed by atoms with Crippen LogP contribution in [0.25, 0.3) is 22.3 Å². The third kappa shape index (κ3) is 2.24. The predicted octanol–water partition coefficient (Wildman–Crippen LogP) is 4.31. The lowest BCUT2D eigenvalue weighted by Crippen LogP contribution is -1.93. The molecule has 0 atom stereocenters. The van der Waals surface area contributed by atoms with E-state index in [1.807, 2.05) is 42.5 Å². The first-order valence-corrected chi connectivity index (χ1v) is 6.49. The lowest BCUT2D eigenvalue weighted by Gasteiger charge is -2.13. The summed E-state index contributed by atoms with van der Waals surface area (Å²) in [6.45, 7) is 0. The summed E-state index contributed by atoms with van der Waals surface area (Å²) >= 11 is 0. The maximum absolute atomic E-state index is 9.43. The molecule has 0 heterocycles. The Bertz CT molecular complexity index is 718. The second kappa shape index (κ2) is 5.10. The van der Waals surface area contributed by atoms with Gasteiger partial charge in [0.1, 0.15) is 5.75 Å². The molecule has 0 aliphatic heterocycles. The van der Waals surface area contributed by atoms with E-state index in [0.29, 0.717) is 0 Å². The Morgan fingerprint density at radius 2 is 1.35 bits per heavy atom. The van der Waals surface area contributed by atoms with E-state index < -0.39 is 0 Å². The van der Waals surface area contributed by atoms with Crippen molar-refractivity contribution >= 4 is 5.69 Å². The Morgan fingerprint density at radius 3 is 2.05 bits per heavy atom. The Kier molecular flexibility index (Phi) is 3.13. The van der Waals surface area contributed by atoms with E-state index in [-0.39, 0.29) is 5.75 Å². The van der Waals surface area contributed by atoms with Crippen LogP contribution < -0.4 is 5.73 Å². The Labute approximate surface area is 118 Å². The Hall–Kier alpha value is -2.74. The summed E-state index contributed by atoms with van der Waals surface area (Å²) in [7, 11) is 0. The summed E-state index contributed by atoms with van der Waals surface area (Å²) in [4.78, 5) is 0. The van der Waals surface area contributed by atoms with Gasteiger partial charge in [0.2, 0.25) is 0 Å². The van der Waals surface area contributed by atoms with E-state index in [0.717, 1.165) is 27.9 Å². The van der Waals surface area contributed by atoms with Gasteiger partial charge in [-0.25, -0.2) is 0 Å². The third-order valence-electron chi connectivity index (χ3n) is 3.34. The van der Waals surface area contributed by atoms with Crippen molar-refractivity contribution in [3.8, 4) is 28.0 Å². The van der Waals surface area contributed by atoms with Gasteiger partial charge in [0, 0.05) is 11.3 Å². The van der Waals surface area contributed by atoms with Crippen molar-refractivity contribution in [2.45, 2.75) is 0 Å². The largest absolute Gasteiger partial charge is 0.508 e. The van der Waals surface area contributed by atoms with Crippen LogP contribution in [0.4, 0.5) is 5.69 Å². The molecule has 3 aromatic carbocycles. The molecule has 3 N–H and O–H groups in total. The number of phenolic OH excluding ortho intramolecular Hbond substituents is 1. The lowest BCUT2D eigenvalue weighted by molar-refractivity contribution is 0.475. The molecule has 0 aliphatic carbocycles. The minimum Gasteiger partial charge on any atom is -0.508 e. The molecule has 2 nitrogen and oxygen atoms in total. The number of phenols is 1. The van der Waals surface area contributed by atoms with Gasteiger partial charge in [0.05, 0.1) is 0 Å². The van der Waals surface area contributed by atoms with Gasteiger partial charge in [0.25, 0.3) is 0 Å². The maximum Gasteiger partial charge on any atom is 0.115 e. The molecule has 3 aromatic rings. The highest BCUT2D eigenvalue weighted by Crippen LogP contribution is 2.36. The first kappa shape index (κ1) is 12.3. The first-order valence-electron chi connectivity index (χ1n) is 6.49. The zero-order valence-corrected chi connectivity index (χ0v) is 11.0. The predicted molar refractivity (Wildman–Crippen MR) is 83.4 cm³/mol. The fourth-order valence-electron chi connectivity index (χ4n) is 2.38. The minimum absolute atomic E-state index is 0.254. The van der Waals surface area contributed by atoms with Crippen LogP contribution in [0.3, 0.4) is 0 Å². The van der Waals surface area contributed by atoms with Crippen LogP contribution in [0, 0.1) is 0 Å². The molecular weight excluding hydrogens is 246 g/mol. The molecule has 0 spiro atoms. The van der Waals surface area contributed by atoms with Crippen molar-refractivity contribution in [1.29, 1.82) is 0 Å². The van der Waals surface area contributed by atoms with Crippen molar-refractivity contribution in [3.05, 3.63) is 72.8 Å². The molecule has 0 saturated carbocycles. The molecule has 20 heavy (non-hydrogen) atoms. The highest BCUT2D eigenvalue weighted by molar-refractivity contribution is 5.91. The van der Waals surface area contributed by atoms with Crippen molar-refractivity contribution in [1.82, 2.24) is 0 Å². The number of hydrogen-bond acceptors (Lipinski definition) is 2. The number of nitrogens with two attached hydrogens (primary N) is 1. The van der Waals surface area contributed by atoms with Gasteiger partial charge < -0.3 is 10.8 Å². The summed E-state index contributed by atoms with van der Waals surface area (Å²) in [5, 5.41) is 9.43. The molecule has 3 rings (SSSR count). The van der Waals surface area contributed by atoms with E-state index in [1.165, 1.54) is 0 Å². The topological polar surface area (TPSA) is 46.2 Å². The van der Waals surface area contributed by atoms with Gasteiger partial charge in [-0.1, -0.05) is 54.6 Å². The zero-order valence-electron chi connectivity index (χ0n) is 11.0. The van der Waals surface area contributed by atoms with Gasteiger partial charge >= 0.3 is 0 Å². The van der Waals surface area contributed by atoms with Crippen LogP contribution in [-0.2, 0) is 0 Å². The molecule has 0 fully saturated rings. The molecule has 0 amide bonds. The summed E-state index contributed by atoms with van der Waals surface area (Å²) in [6, 6.07) is 23.2. The van der Waals surface area contributed by atoms with Gasteiger partial charge in [-0.2, -0.15) is 0 Å². The number of rotatable bonds is 2. The van der Waals surface area contributed by atoms with Gasteiger partial charge in [0.15, 0.2) is 0 Å². The second-order valence-electron chi connectivity index (χ2n) is 4.68.